The van der Waals surface area contributed by atoms with Gasteiger partial charge in [0.1, 0.15) is 6.10 Å². The number of ether oxygens (including phenoxy) is 1. The number of carbonyl (C=O) groups is 1. The van der Waals surface area contributed by atoms with Crippen molar-refractivity contribution in [1.82, 2.24) is 14.6 Å². The summed E-state index contributed by atoms with van der Waals surface area (Å²) in [5, 5.41) is 3.07. The molecule has 1 aromatic carbocycles. The van der Waals surface area contributed by atoms with E-state index in [9.17, 15) is 13.2 Å². The van der Waals surface area contributed by atoms with Crippen LogP contribution in [0.3, 0.4) is 0 Å². The zero-order valence-corrected chi connectivity index (χ0v) is 18.4. The molecule has 1 aliphatic carbocycles. The van der Waals surface area contributed by atoms with Crippen molar-refractivity contribution in [2.24, 2.45) is 0 Å². The quantitative estimate of drug-likeness (QED) is 0.739. The van der Waals surface area contributed by atoms with E-state index in [1.807, 2.05) is 18.2 Å². The number of benzene rings is 1. The summed E-state index contributed by atoms with van der Waals surface area (Å²) in [5.41, 5.74) is 0.476. The van der Waals surface area contributed by atoms with Crippen molar-refractivity contribution in [3.05, 3.63) is 54.2 Å². The van der Waals surface area contributed by atoms with E-state index in [-0.39, 0.29) is 22.9 Å². The molecule has 1 amide bonds. The van der Waals surface area contributed by atoms with Gasteiger partial charge in [0.2, 0.25) is 15.9 Å². The Labute approximate surface area is 183 Å². The average molecular weight is 444 g/mol. The van der Waals surface area contributed by atoms with Crippen molar-refractivity contribution < 1.29 is 17.9 Å². The van der Waals surface area contributed by atoms with Crippen molar-refractivity contribution in [1.29, 1.82) is 0 Å². The number of hydrogen-bond donors (Lipinski definition) is 1. The van der Waals surface area contributed by atoms with Gasteiger partial charge >= 0.3 is 0 Å². The third kappa shape index (κ3) is 5.43. The van der Waals surface area contributed by atoms with Gasteiger partial charge in [-0.05, 0) is 68.9 Å². The van der Waals surface area contributed by atoms with Crippen LogP contribution in [0.1, 0.15) is 55.3 Å². The van der Waals surface area contributed by atoms with Crippen LogP contribution in [0.2, 0.25) is 0 Å². The summed E-state index contributed by atoms with van der Waals surface area (Å²) in [6, 6.07) is 12.0. The largest absolute Gasteiger partial charge is 0.474 e. The Hall–Kier alpha value is -2.45. The van der Waals surface area contributed by atoms with Crippen molar-refractivity contribution in [2.75, 3.05) is 13.1 Å². The van der Waals surface area contributed by atoms with Crippen molar-refractivity contribution in [3.63, 3.8) is 0 Å². The summed E-state index contributed by atoms with van der Waals surface area (Å²) in [6.45, 7) is 1.13. The maximum Gasteiger partial charge on any atom is 0.251 e. The van der Waals surface area contributed by atoms with E-state index < -0.39 is 10.0 Å². The number of sulfonamides is 1. The van der Waals surface area contributed by atoms with Crippen LogP contribution in [-0.2, 0) is 10.0 Å². The maximum absolute atomic E-state index is 12.8. The highest BCUT2D eigenvalue weighted by molar-refractivity contribution is 7.89. The van der Waals surface area contributed by atoms with Gasteiger partial charge in [-0.1, -0.05) is 12.5 Å². The number of piperidine rings is 1. The van der Waals surface area contributed by atoms with Crippen LogP contribution in [0.4, 0.5) is 0 Å². The van der Waals surface area contributed by atoms with E-state index in [4.69, 9.17) is 4.74 Å². The summed E-state index contributed by atoms with van der Waals surface area (Å²) in [6.07, 6.45) is 8.08. The number of rotatable bonds is 6. The Bertz CT molecular complexity index is 966. The predicted octanol–water partition coefficient (Wildman–Crippen LogP) is 3.38. The van der Waals surface area contributed by atoms with E-state index in [0.717, 1.165) is 44.9 Å². The number of hydrogen-bond acceptors (Lipinski definition) is 5. The minimum Gasteiger partial charge on any atom is -0.474 e. The molecule has 2 fully saturated rings. The van der Waals surface area contributed by atoms with Crippen molar-refractivity contribution >= 4 is 15.9 Å². The van der Waals surface area contributed by atoms with Gasteiger partial charge in [-0.15, -0.1) is 0 Å². The fourth-order valence-corrected chi connectivity index (χ4v) is 5.73. The SMILES string of the molecule is O=C(NC1CCC(Oc2ccccn2)CC1)c1ccc(S(=O)(=O)N2CCCCC2)cc1. The third-order valence-electron chi connectivity index (χ3n) is 6.00. The van der Waals surface area contributed by atoms with Crippen LogP contribution in [0.25, 0.3) is 0 Å². The fourth-order valence-electron chi connectivity index (χ4n) is 4.21. The Balaban J connectivity index is 1.29. The number of aromatic nitrogens is 1. The van der Waals surface area contributed by atoms with Gasteiger partial charge in [0.15, 0.2) is 0 Å². The molecule has 1 aromatic heterocycles. The first-order valence-electron chi connectivity index (χ1n) is 11.0. The standard InChI is InChI=1S/C23H29N3O4S/c27-23(25-19-9-11-20(12-10-19)30-22-6-2-3-15-24-22)18-7-13-21(14-8-18)31(28,29)26-16-4-1-5-17-26/h2-3,6-8,13-15,19-20H,1,4-5,9-12,16-17H2,(H,25,27). The van der Waals surface area contributed by atoms with Gasteiger partial charge in [-0.25, -0.2) is 13.4 Å². The van der Waals surface area contributed by atoms with E-state index in [0.29, 0.717) is 24.5 Å². The maximum atomic E-state index is 12.8. The lowest BCUT2D eigenvalue weighted by Crippen LogP contribution is -2.39. The van der Waals surface area contributed by atoms with Gasteiger partial charge in [0.25, 0.3) is 5.91 Å². The van der Waals surface area contributed by atoms with Gasteiger partial charge in [-0.3, -0.25) is 4.79 Å². The minimum atomic E-state index is -3.48. The second kappa shape index (κ2) is 9.78. The summed E-state index contributed by atoms with van der Waals surface area (Å²) in [5.74, 6) is 0.464. The Morgan fingerprint density at radius 3 is 2.32 bits per heavy atom. The zero-order valence-electron chi connectivity index (χ0n) is 17.6. The van der Waals surface area contributed by atoms with Crippen LogP contribution >= 0.6 is 0 Å². The molecule has 1 N–H and O–H groups in total. The van der Waals surface area contributed by atoms with Crippen molar-refractivity contribution in [3.8, 4) is 5.88 Å². The second-order valence-corrected chi connectivity index (χ2v) is 10.2. The van der Waals surface area contributed by atoms with Crippen LogP contribution in [-0.4, -0.2) is 48.8 Å². The minimum absolute atomic E-state index is 0.0906. The molecule has 1 saturated heterocycles. The molecule has 2 heterocycles. The van der Waals surface area contributed by atoms with E-state index in [2.05, 4.69) is 10.3 Å². The molecule has 0 atom stereocenters. The fraction of sp³-hybridized carbons (Fsp3) is 0.478. The van der Waals surface area contributed by atoms with Crippen molar-refractivity contribution in [2.45, 2.75) is 62.0 Å². The Morgan fingerprint density at radius 2 is 1.68 bits per heavy atom. The topological polar surface area (TPSA) is 88.6 Å². The van der Waals surface area contributed by atoms with Crippen LogP contribution in [0.5, 0.6) is 5.88 Å². The lowest BCUT2D eigenvalue weighted by molar-refractivity contribution is 0.0890. The molecule has 2 aliphatic rings. The first-order chi connectivity index (χ1) is 15.0. The van der Waals surface area contributed by atoms with Crippen LogP contribution in [0.15, 0.2) is 53.6 Å². The first kappa shape index (κ1) is 21.8. The summed E-state index contributed by atoms with van der Waals surface area (Å²) in [4.78, 5) is 17.1. The van der Waals surface area contributed by atoms with E-state index in [1.165, 1.54) is 16.4 Å². The summed E-state index contributed by atoms with van der Waals surface area (Å²) in [7, 11) is -3.48. The zero-order chi connectivity index (χ0) is 21.7. The molecule has 1 aliphatic heterocycles. The molecule has 0 spiro atoms. The molecule has 4 rings (SSSR count). The molecular weight excluding hydrogens is 414 g/mol. The van der Waals surface area contributed by atoms with E-state index >= 15 is 0 Å². The molecule has 31 heavy (non-hydrogen) atoms. The van der Waals surface area contributed by atoms with Crippen LogP contribution in [0, 0.1) is 0 Å². The molecular formula is C23H29N3O4S. The normalized spacial score (nSPS) is 22.6. The molecule has 7 nitrogen and oxygen atoms in total. The Kier molecular flexibility index (Phi) is 6.87. The number of pyridine rings is 1. The number of nitrogens with zero attached hydrogens (tertiary/aromatic N) is 2. The highest BCUT2D eigenvalue weighted by Crippen LogP contribution is 2.24. The van der Waals surface area contributed by atoms with Gasteiger partial charge in [-0.2, -0.15) is 4.31 Å². The van der Waals surface area contributed by atoms with Gasteiger partial charge in [0, 0.05) is 37.0 Å². The summed E-state index contributed by atoms with van der Waals surface area (Å²) >= 11 is 0. The summed E-state index contributed by atoms with van der Waals surface area (Å²) < 4.78 is 33.0. The molecule has 166 valence electrons. The molecule has 8 heteroatoms. The molecule has 0 unspecified atom stereocenters. The average Bonchev–Trinajstić information content (AvgIpc) is 2.82. The molecule has 2 aromatic rings. The lowest BCUT2D eigenvalue weighted by atomic mass is 9.92. The Morgan fingerprint density at radius 1 is 0.968 bits per heavy atom. The molecule has 1 saturated carbocycles. The smallest absolute Gasteiger partial charge is 0.251 e. The third-order valence-corrected chi connectivity index (χ3v) is 7.92. The monoisotopic (exact) mass is 443 g/mol. The van der Waals surface area contributed by atoms with Gasteiger partial charge in [0.05, 0.1) is 4.90 Å². The second-order valence-electron chi connectivity index (χ2n) is 8.22. The number of carbonyl (C=O) groups excluding carboxylic acids is 1. The number of amides is 1. The lowest BCUT2D eigenvalue weighted by Gasteiger charge is -2.29. The predicted molar refractivity (Wildman–Crippen MR) is 117 cm³/mol. The molecule has 0 bridgehead atoms. The first-order valence-corrected chi connectivity index (χ1v) is 12.5. The van der Waals surface area contributed by atoms with Gasteiger partial charge < -0.3 is 10.1 Å². The highest BCUT2D eigenvalue weighted by Gasteiger charge is 2.27. The van der Waals surface area contributed by atoms with Crippen LogP contribution < -0.4 is 10.1 Å². The van der Waals surface area contributed by atoms with E-state index in [1.54, 1.807) is 18.3 Å². The number of nitrogens with one attached hydrogen (secondary N) is 1. The molecule has 0 radical (unpaired) electrons. The highest BCUT2D eigenvalue weighted by atomic mass is 32.2.